The van der Waals surface area contributed by atoms with Crippen molar-refractivity contribution in [3.63, 3.8) is 0 Å². The van der Waals surface area contributed by atoms with E-state index in [1.165, 1.54) is 17.3 Å². The zero-order valence-corrected chi connectivity index (χ0v) is 18.8. The van der Waals surface area contributed by atoms with Gasteiger partial charge in [0.05, 0.1) is 15.9 Å². The lowest BCUT2D eigenvalue weighted by atomic mass is 9.70. The van der Waals surface area contributed by atoms with E-state index in [1.54, 1.807) is 3.57 Å². The molecule has 1 aromatic rings. The van der Waals surface area contributed by atoms with Crippen molar-refractivity contribution in [2.75, 3.05) is 10.2 Å². The van der Waals surface area contributed by atoms with E-state index in [4.69, 9.17) is 0 Å². The summed E-state index contributed by atoms with van der Waals surface area (Å²) in [4.78, 5) is 11.8. The average molecular weight is 492 g/mol. The summed E-state index contributed by atoms with van der Waals surface area (Å²) in [6.07, 6.45) is 4.62. The normalized spacial score (nSPS) is 26.5. The molecule has 0 N–H and O–H groups in total. The number of carbonyl (C=O) groups excluding carboxylic acids is 1. The Labute approximate surface area is 168 Å². The quantitative estimate of drug-likeness (QED) is 0.253. The number of rotatable bonds is 6. The van der Waals surface area contributed by atoms with E-state index in [1.807, 2.05) is 13.8 Å². The second-order valence-electron chi connectivity index (χ2n) is 7.84. The number of carbonyl (C=O) groups is 1. The van der Waals surface area contributed by atoms with Crippen LogP contribution in [0.25, 0.3) is 0 Å². The third kappa shape index (κ3) is 4.87. The van der Waals surface area contributed by atoms with Crippen molar-refractivity contribution in [2.24, 2.45) is 16.7 Å². The number of unbranched alkanes of at least 4 members (excludes halogenated alkanes) is 1. The maximum absolute atomic E-state index is 11.8. The third-order valence-electron chi connectivity index (χ3n) is 6.03. The molecule has 0 spiro atoms. The lowest BCUT2D eigenvalue weighted by Gasteiger charge is -2.37. The van der Waals surface area contributed by atoms with Crippen LogP contribution in [0, 0.1) is 20.3 Å². The molecule has 0 heterocycles. The van der Waals surface area contributed by atoms with Gasteiger partial charge in [-0.2, -0.15) is 0 Å². The van der Waals surface area contributed by atoms with Gasteiger partial charge < -0.3 is 4.55 Å². The summed E-state index contributed by atoms with van der Waals surface area (Å²) < 4.78 is 35.7. The van der Waals surface area contributed by atoms with Crippen molar-refractivity contribution < 1.29 is 39.0 Å². The van der Waals surface area contributed by atoms with Crippen LogP contribution in [0.5, 0.6) is 0 Å². The van der Waals surface area contributed by atoms with E-state index in [0.717, 1.165) is 6.42 Å². The smallest absolute Gasteiger partial charge is 0.313 e. The predicted molar refractivity (Wildman–Crippen MR) is 98.0 cm³/mol. The van der Waals surface area contributed by atoms with E-state index >= 15 is 0 Å². The SMILES string of the molecule is CC1(C)C2CCC1(CS(=O)(=O)[O-])C(=O)C2.CCCC[I+]c1ccccc1. The summed E-state index contributed by atoms with van der Waals surface area (Å²) in [6.45, 7) is 6.09. The average Bonchev–Trinajstić information content (AvgIpc) is 2.89. The van der Waals surface area contributed by atoms with Crippen LogP contribution in [0.2, 0.25) is 0 Å². The largest absolute Gasteiger partial charge is 0.748 e. The summed E-state index contributed by atoms with van der Waals surface area (Å²) in [5.41, 5.74) is -1.22. The van der Waals surface area contributed by atoms with E-state index < -0.39 is 21.3 Å². The van der Waals surface area contributed by atoms with E-state index in [0.29, 0.717) is 34.0 Å². The molecule has 146 valence electrons. The molecule has 3 rings (SSSR count). The number of benzene rings is 1. The first-order chi connectivity index (χ1) is 12.1. The topological polar surface area (TPSA) is 74.3 Å². The first-order valence-electron chi connectivity index (χ1n) is 9.23. The highest BCUT2D eigenvalue weighted by molar-refractivity contribution is 7.85. The van der Waals surface area contributed by atoms with Gasteiger partial charge in [0, 0.05) is 11.8 Å². The first kappa shape index (κ1) is 21.8. The van der Waals surface area contributed by atoms with Crippen molar-refractivity contribution in [3.05, 3.63) is 33.9 Å². The van der Waals surface area contributed by atoms with Crippen LogP contribution in [0.15, 0.2) is 30.3 Å². The van der Waals surface area contributed by atoms with Crippen LogP contribution in [-0.2, 0) is 14.9 Å². The molecule has 1 aromatic carbocycles. The number of fused-ring (bicyclic) bond motifs is 2. The highest BCUT2D eigenvalue weighted by atomic mass is 127. The van der Waals surface area contributed by atoms with Crippen molar-refractivity contribution in [1.29, 1.82) is 0 Å². The lowest BCUT2D eigenvalue weighted by molar-refractivity contribution is -0.627. The summed E-state index contributed by atoms with van der Waals surface area (Å²) in [6, 6.07) is 10.9. The van der Waals surface area contributed by atoms with Crippen LogP contribution >= 0.6 is 0 Å². The van der Waals surface area contributed by atoms with Crippen molar-refractivity contribution in [3.8, 4) is 0 Å². The monoisotopic (exact) mass is 492 g/mol. The number of ketones is 1. The Morgan fingerprint density at radius 1 is 1.23 bits per heavy atom. The van der Waals surface area contributed by atoms with Crippen LogP contribution in [0.4, 0.5) is 0 Å². The molecular weight excluding hydrogens is 463 g/mol. The number of Topliss-reactive ketones (excluding diaryl/α,β-unsaturated/α-hetero) is 1. The van der Waals surface area contributed by atoms with Crippen molar-refractivity contribution >= 4 is 15.9 Å². The third-order valence-corrected chi connectivity index (χ3v) is 9.78. The number of alkyl halides is 1. The maximum Gasteiger partial charge on any atom is 0.313 e. The minimum Gasteiger partial charge on any atom is -0.748 e. The second-order valence-corrected chi connectivity index (χ2v) is 12.3. The summed E-state index contributed by atoms with van der Waals surface area (Å²) in [5, 5.41) is 0. The molecule has 0 amide bonds. The first-order valence-corrected chi connectivity index (χ1v) is 13.4. The molecule has 4 nitrogen and oxygen atoms in total. The molecule has 0 radical (unpaired) electrons. The van der Waals surface area contributed by atoms with Crippen LogP contribution in [0.1, 0.15) is 52.9 Å². The van der Waals surface area contributed by atoms with Crippen LogP contribution in [0.3, 0.4) is 0 Å². The van der Waals surface area contributed by atoms with Crippen molar-refractivity contribution in [2.45, 2.75) is 52.9 Å². The highest BCUT2D eigenvalue weighted by Crippen LogP contribution is 2.64. The predicted octanol–water partition coefficient (Wildman–Crippen LogP) is 0.672. The fourth-order valence-corrected chi connectivity index (χ4v) is 8.19. The molecule has 2 atom stereocenters. The summed E-state index contributed by atoms with van der Waals surface area (Å²) in [7, 11) is -4.33. The van der Waals surface area contributed by atoms with Crippen LogP contribution in [-0.4, -0.2) is 28.9 Å². The molecule has 2 unspecified atom stereocenters. The van der Waals surface area contributed by atoms with Crippen molar-refractivity contribution in [1.82, 2.24) is 0 Å². The summed E-state index contributed by atoms with van der Waals surface area (Å²) in [5.74, 6) is -0.280. The van der Waals surface area contributed by atoms with Gasteiger partial charge in [-0.15, -0.1) is 0 Å². The molecule has 2 aliphatic rings. The summed E-state index contributed by atoms with van der Waals surface area (Å²) >= 11 is 0.320. The fourth-order valence-electron chi connectivity index (χ4n) is 4.22. The van der Waals surface area contributed by atoms with E-state index in [9.17, 15) is 17.8 Å². The van der Waals surface area contributed by atoms with Gasteiger partial charge in [0.2, 0.25) is 0 Å². The van der Waals surface area contributed by atoms with Gasteiger partial charge in [-0.1, -0.05) is 45.4 Å². The fraction of sp³-hybridized carbons (Fsp3) is 0.650. The van der Waals surface area contributed by atoms with E-state index in [-0.39, 0.29) is 17.1 Å². The maximum atomic E-state index is 11.8. The van der Waals surface area contributed by atoms with Gasteiger partial charge in [0.1, 0.15) is 10.2 Å². The van der Waals surface area contributed by atoms with Gasteiger partial charge in [-0.3, -0.25) is 4.79 Å². The van der Waals surface area contributed by atoms with Gasteiger partial charge in [-0.05, 0) is 42.7 Å². The molecule has 6 heteroatoms. The van der Waals surface area contributed by atoms with Gasteiger partial charge >= 0.3 is 21.2 Å². The second kappa shape index (κ2) is 8.69. The Hall–Kier alpha value is -0.470. The lowest BCUT2D eigenvalue weighted by Crippen LogP contribution is -3.62. The Kier molecular flexibility index (Phi) is 7.30. The molecule has 0 aliphatic heterocycles. The molecule has 0 saturated heterocycles. The standard InChI is InChI=1S/C10H14I.C10H16O4S/c1-2-3-9-11-10-7-5-4-6-8-10;1-9(2)7-3-4-10(9,8(11)5-7)6-15(12,13)14/h4-8H,2-3,9H2,1H3;7H,3-6H2,1-2H3,(H,12,13,14)/q+1;/p-1. The number of hydrogen-bond acceptors (Lipinski definition) is 4. The Morgan fingerprint density at radius 2 is 1.88 bits per heavy atom. The Balaban J connectivity index is 0.000000197. The molecular formula is C20H29IO4S. The molecule has 2 fully saturated rings. The van der Waals surface area contributed by atoms with Gasteiger partial charge in [0.15, 0.2) is 3.57 Å². The molecule has 2 saturated carbocycles. The number of hydrogen-bond donors (Lipinski definition) is 0. The number of halogens is 1. The zero-order chi connectivity index (χ0) is 19.4. The molecule has 2 bridgehead atoms. The molecule has 2 aliphatic carbocycles. The minimum absolute atomic E-state index is 0.0248. The van der Waals surface area contributed by atoms with Crippen LogP contribution < -0.4 is 21.2 Å². The molecule has 26 heavy (non-hydrogen) atoms. The molecule has 0 aromatic heterocycles. The Bertz CT molecular complexity index is 715. The Morgan fingerprint density at radius 3 is 2.35 bits per heavy atom. The van der Waals surface area contributed by atoms with Gasteiger partial charge in [-0.25, -0.2) is 8.42 Å². The zero-order valence-electron chi connectivity index (χ0n) is 15.8. The van der Waals surface area contributed by atoms with Gasteiger partial charge in [0.25, 0.3) is 0 Å². The van der Waals surface area contributed by atoms with E-state index in [2.05, 4.69) is 37.3 Å². The highest BCUT2D eigenvalue weighted by Gasteiger charge is 2.64. The minimum atomic E-state index is -4.33.